The van der Waals surface area contributed by atoms with E-state index in [4.69, 9.17) is 22.2 Å². The van der Waals surface area contributed by atoms with Gasteiger partial charge in [-0.15, -0.1) is 0 Å². The van der Waals surface area contributed by atoms with Gasteiger partial charge in [-0.3, -0.25) is 11.3 Å². The Morgan fingerprint density at radius 1 is 1.53 bits per heavy atom. The Morgan fingerprint density at radius 3 is 2.74 bits per heavy atom. The molecular weight excluding hydrogens is 267 g/mol. The van der Waals surface area contributed by atoms with Gasteiger partial charge in [0.15, 0.2) is 0 Å². The molecule has 0 heterocycles. The predicted octanol–water partition coefficient (Wildman–Crippen LogP) is 2.81. The standard InChI is InChI=1S/C14H20ClFN2O/c1-19-14(5-2-6-14)9-11(18-17)7-10-3-4-13(16)12(15)8-10/h3-4,8,11,18H,2,5-7,9,17H2,1H3. The second kappa shape index (κ2) is 6.18. The fourth-order valence-electron chi connectivity index (χ4n) is 2.65. The summed E-state index contributed by atoms with van der Waals surface area (Å²) in [5.41, 5.74) is 3.76. The van der Waals surface area contributed by atoms with E-state index in [2.05, 4.69) is 5.43 Å². The van der Waals surface area contributed by atoms with Crippen molar-refractivity contribution in [2.45, 2.75) is 43.7 Å². The maximum Gasteiger partial charge on any atom is 0.141 e. The summed E-state index contributed by atoms with van der Waals surface area (Å²) in [6, 6.07) is 4.88. The summed E-state index contributed by atoms with van der Waals surface area (Å²) in [5, 5.41) is 0.151. The predicted molar refractivity (Wildman–Crippen MR) is 74.4 cm³/mol. The topological polar surface area (TPSA) is 47.3 Å². The Labute approximate surface area is 118 Å². The Bertz CT molecular complexity index is 432. The maximum atomic E-state index is 13.1. The molecule has 1 aromatic carbocycles. The number of methoxy groups -OCH3 is 1. The number of ether oxygens (including phenoxy) is 1. The number of hydrogen-bond donors (Lipinski definition) is 2. The molecular formula is C14H20ClFN2O. The molecule has 0 amide bonds. The Hall–Kier alpha value is -0.680. The quantitative estimate of drug-likeness (QED) is 0.624. The van der Waals surface area contributed by atoms with Crippen LogP contribution in [0, 0.1) is 5.82 Å². The molecule has 1 fully saturated rings. The number of halogens is 2. The van der Waals surface area contributed by atoms with Gasteiger partial charge in [-0.05, 0) is 49.8 Å². The van der Waals surface area contributed by atoms with Crippen LogP contribution < -0.4 is 11.3 Å². The molecule has 3 N–H and O–H groups in total. The van der Waals surface area contributed by atoms with Crippen molar-refractivity contribution in [3.8, 4) is 0 Å². The summed E-state index contributed by atoms with van der Waals surface area (Å²) in [5.74, 6) is 5.22. The van der Waals surface area contributed by atoms with Crippen LogP contribution in [0.3, 0.4) is 0 Å². The second-order valence-electron chi connectivity index (χ2n) is 5.26. The van der Waals surface area contributed by atoms with E-state index in [-0.39, 0.29) is 16.7 Å². The molecule has 3 nitrogen and oxygen atoms in total. The van der Waals surface area contributed by atoms with Gasteiger partial charge in [0.1, 0.15) is 5.82 Å². The summed E-state index contributed by atoms with van der Waals surface area (Å²) in [6.07, 6.45) is 4.92. The lowest BCUT2D eigenvalue weighted by atomic mass is 9.75. The zero-order valence-electron chi connectivity index (χ0n) is 11.1. The zero-order valence-corrected chi connectivity index (χ0v) is 11.8. The molecule has 1 atom stereocenters. The van der Waals surface area contributed by atoms with Crippen LogP contribution in [0.1, 0.15) is 31.2 Å². The first-order valence-electron chi connectivity index (χ1n) is 6.54. The lowest BCUT2D eigenvalue weighted by molar-refractivity contribution is -0.0834. The Kier molecular flexibility index (Phi) is 4.79. The molecule has 0 saturated heterocycles. The van der Waals surface area contributed by atoms with Crippen LogP contribution in [0.5, 0.6) is 0 Å². The third kappa shape index (κ3) is 3.45. The van der Waals surface area contributed by atoms with Gasteiger partial charge >= 0.3 is 0 Å². The van der Waals surface area contributed by atoms with E-state index in [1.54, 1.807) is 19.2 Å². The monoisotopic (exact) mass is 286 g/mol. The van der Waals surface area contributed by atoms with E-state index in [0.717, 1.165) is 24.8 Å². The van der Waals surface area contributed by atoms with Crippen molar-refractivity contribution < 1.29 is 9.13 Å². The average molecular weight is 287 g/mol. The van der Waals surface area contributed by atoms with Crippen molar-refractivity contribution in [2.24, 2.45) is 5.84 Å². The highest BCUT2D eigenvalue weighted by Crippen LogP contribution is 2.39. The van der Waals surface area contributed by atoms with Crippen LogP contribution in [-0.4, -0.2) is 18.8 Å². The van der Waals surface area contributed by atoms with Gasteiger partial charge in [-0.25, -0.2) is 4.39 Å². The molecule has 2 rings (SSSR count). The minimum Gasteiger partial charge on any atom is -0.378 e. The number of rotatable bonds is 6. The summed E-state index contributed by atoms with van der Waals surface area (Å²) in [6.45, 7) is 0. The first kappa shape index (κ1) is 14.7. The molecule has 0 aromatic heterocycles. The molecule has 0 bridgehead atoms. The highest BCUT2D eigenvalue weighted by molar-refractivity contribution is 6.30. The summed E-state index contributed by atoms with van der Waals surface area (Å²) < 4.78 is 18.7. The van der Waals surface area contributed by atoms with Crippen LogP contribution in [0.15, 0.2) is 18.2 Å². The third-order valence-electron chi connectivity index (χ3n) is 4.02. The van der Waals surface area contributed by atoms with Crippen molar-refractivity contribution >= 4 is 11.6 Å². The Morgan fingerprint density at radius 2 is 2.26 bits per heavy atom. The van der Waals surface area contributed by atoms with E-state index >= 15 is 0 Å². The van der Waals surface area contributed by atoms with Crippen molar-refractivity contribution in [3.63, 3.8) is 0 Å². The van der Waals surface area contributed by atoms with E-state index in [1.807, 2.05) is 0 Å². The van der Waals surface area contributed by atoms with Gasteiger partial charge in [0.2, 0.25) is 0 Å². The summed E-state index contributed by atoms with van der Waals surface area (Å²) in [7, 11) is 1.75. The smallest absolute Gasteiger partial charge is 0.141 e. The molecule has 106 valence electrons. The van der Waals surface area contributed by atoms with Gasteiger partial charge < -0.3 is 4.74 Å². The van der Waals surface area contributed by atoms with Crippen LogP contribution in [0.4, 0.5) is 4.39 Å². The molecule has 0 spiro atoms. The van der Waals surface area contributed by atoms with E-state index < -0.39 is 5.82 Å². The molecule has 0 aliphatic heterocycles. The molecule has 1 unspecified atom stereocenters. The van der Waals surface area contributed by atoms with Gasteiger partial charge in [-0.2, -0.15) is 0 Å². The van der Waals surface area contributed by atoms with Crippen molar-refractivity contribution in [1.82, 2.24) is 5.43 Å². The molecule has 1 aromatic rings. The van der Waals surface area contributed by atoms with Gasteiger partial charge in [0.25, 0.3) is 0 Å². The number of nitrogens with two attached hydrogens (primary N) is 1. The number of benzene rings is 1. The lowest BCUT2D eigenvalue weighted by Crippen LogP contribution is -2.48. The van der Waals surface area contributed by atoms with E-state index in [1.165, 1.54) is 12.5 Å². The number of hydrogen-bond acceptors (Lipinski definition) is 3. The largest absolute Gasteiger partial charge is 0.378 e. The van der Waals surface area contributed by atoms with Crippen LogP contribution in [-0.2, 0) is 11.2 Å². The average Bonchev–Trinajstić information content (AvgIpc) is 2.36. The number of hydrazine groups is 1. The maximum absolute atomic E-state index is 13.1. The van der Waals surface area contributed by atoms with Gasteiger partial charge in [0.05, 0.1) is 10.6 Å². The first-order valence-corrected chi connectivity index (χ1v) is 6.91. The minimum atomic E-state index is -0.393. The minimum absolute atomic E-state index is 0.0408. The lowest BCUT2D eigenvalue weighted by Gasteiger charge is -2.42. The third-order valence-corrected chi connectivity index (χ3v) is 4.31. The molecule has 19 heavy (non-hydrogen) atoms. The highest BCUT2D eigenvalue weighted by atomic mass is 35.5. The van der Waals surface area contributed by atoms with Crippen molar-refractivity contribution in [3.05, 3.63) is 34.6 Å². The van der Waals surface area contributed by atoms with E-state index in [0.29, 0.717) is 6.42 Å². The first-order chi connectivity index (χ1) is 9.08. The molecule has 1 saturated carbocycles. The molecule has 5 heteroatoms. The van der Waals surface area contributed by atoms with E-state index in [9.17, 15) is 4.39 Å². The highest BCUT2D eigenvalue weighted by Gasteiger charge is 2.38. The molecule has 0 radical (unpaired) electrons. The van der Waals surface area contributed by atoms with Crippen LogP contribution >= 0.6 is 11.6 Å². The molecule has 1 aliphatic rings. The number of nitrogens with one attached hydrogen (secondary N) is 1. The van der Waals surface area contributed by atoms with Crippen LogP contribution in [0.25, 0.3) is 0 Å². The Balaban J connectivity index is 2.00. The van der Waals surface area contributed by atoms with Gasteiger partial charge in [-0.1, -0.05) is 17.7 Å². The normalized spacial score (nSPS) is 18.9. The fraction of sp³-hybridized carbons (Fsp3) is 0.571. The summed E-state index contributed by atoms with van der Waals surface area (Å²) in [4.78, 5) is 0. The fourth-order valence-corrected chi connectivity index (χ4v) is 2.86. The second-order valence-corrected chi connectivity index (χ2v) is 5.67. The van der Waals surface area contributed by atoms with Crippen molar-refractivity contribution in [1.29, 1.82) is 0 Å². The van der Waals surface area contributed by atoms with Gasteiger partial charge in [0, 0.05) is 13.2 Å². The SMILES string of the molecule is COC1(CC(Cc2ccc(F)c(Cl)c2)NN)CCC1. The molecule has 1 aliphatic carbocycles. The zero-order chi connectivity index (χ0) is 13.9. The van der Waals surface area contributed by atoms with Crippen LogP contribution in [0.2, 0.25) is 5.02 Å². The summed E-state index contributed by atoms with van der Waals surface area (Å²) >= 11 is 5.79. The van der Waals surface area contributed by atoms with Crippen molar-refractivity contribution in [2.75, 3.05) is 7.11 Å².